The molecule has 1 heterocycles. The molecule has 6 nitrogen and oxygen atoms in total. The molecule has 1 fully saturated rings. The van der Waals surface area contributed by atoms with Crippen LogP contribution in [0.1, 0.15) is 24.0 Å². The van der Waals surface area contributed by atoms with E-state index in [1.54, 1.807) is 0 Å². The molecule has 132 valence electrons. The maximum Gasteiger partial charge on any atom is 0.308 e. The lowest BCUT2D eigenvalue weighted by molar-refractivity contribution is -0.141. The summed E-state index contributed by atoms with van der Waals surface area (Å²) in [6.07, 6.45) is 0.962. The topological polar surface area (TPSA) is 101 Å². The highest BCUT2D eigenvalue weighted by Gasteiger charge is 2.29. The molecule has 1 unspecified atom stereocenters. The minimum Gasteiger partial charge on any atom is -0.481 e. The fraction of sp³-hybridized carbons (Fsp3) is 0.529. The molecule has 0 bridgehead atoms. The van der Waals surface area contributed by atoms with Gasteiger partial charge in [-0.05, 0) is 31.7 Å². The van der Waals surface area contributed by atoms with Crippen molar-refractivity contribution in [1.82, 2.24) is 5.32 Å². The zero-order valence-electron chi connectivity index (χ0n) is 13.7. The van der Waals surface area contributed by atoms with E-state index in [0.717, 1.165) is 11.1 Å². The zero-order valence-corrected chi connectivity index (χ0v) is 14.5. The van der Waals surface area contributed by atoms with Crippen LogP contribution in [0.25, 0.3) is 0 Å². The highest BCUT2D eigenvalue weighted by Crippen LogP contribution is 2.19. The van der Waals surface area contributed by atoms with Crippen LogP contribution in [-0.2, 0) is 25.8 Å². The molecule has 7 heteroatoms. The molecule has 1 saturated heterocycles. The Labute approximate surface area is 142 Å². The normalized spacial score (nSPS) is 18.7. The van der Waals surface area contributed by atoms with Crippen LogP contribution in [0.3, 0.4) is 0 Å². The number of rotatable bonds is 6. The first kappa shape index (κ1) is 18.4. The lowest BCUT2D eigenvalue weighted by Gasteiger charge is -2.22. The number of amides is 1. The highest BCUT2D eigenvalue weighted by molar-refractivity contribution is 7.91. The summed E-state index contributed by atoms with van der Waals surface area (Å²) in [6, 6.07) is 7.63. The first-order valence-electron chi connectivity index (χ1n) is 8.03. The van der Waals surface area contributed by atoms with Gasteiger partial charge in [0.25, 0.3) is 0 Å². The van der Waals surface area contributed by atoms with E-state index >= 15 is 0 Å². The minimum atomic E-state index is -3.01. The van der Waals surface area contributed by atoms with Crippen molar-refractivity contribution in [2.75, 3.05) is 18.1 Å². The van der Waals surface area contributed by atoms with Gasteiger partial charge in [-0.25, -0.2) is 8.42 Å². The SMILES string of the molecule is Cc1cccc(CC(CNC(=O)C2CCS(=O)(=O)CC2)C(=O)O)c1. The van der Waals surface area contributed by atoms with Gasteiger partial charge in [-0.15, -0.1) is 0 Å². The van der Waals surface area contributed by atoms with E-state index in [1.807, 2.05) is 31.2 Å². The lowest BCUT2D eigenvalue weighted by Crippen LogP contribution is -2.40. The van der Waals surface area contributed by atoms with E-state index < -0.39 is 21.7 Å². The summed E-state index contributed by atoms with van der Waals surface area (Å²) < 4.78 is 22.8. The molecule has 1 aliphatic heterocycles. The van der Waals surface area contributed by atoms with E-state index in [1.165, 1.54) is 0 Å². The van der Waals surface area contributed by atoms with Crippen molar-refractivity contribution >= 4 is 21.7 Å². The van der Waals surface area contributed by atoms with Gasteiger partial charge in [0.2, 0.25) is 5.91 Å². The van der Waals surface area contributed by atoms with Gasteiger partial charge in [-0.2, -0.15) is 0 Å². The van der Waals surface area contributed by atoms with Crippen LogP contribution in [0.4, 0.5) is 0 Å². The number of carboxylic acids is 1. The van der Waals surface area contributed by atoms with Crippen molar-refractivity contribution in [1.29, 1.82) is 0 Å². The van der Waals surface area contributed by atoms with E-state index in [4.69, 9.17) is 0 Å². The van der Waals surface area contributed by atoms with Crippen molar-refractivity contribution < 1.29 is 23.1 Å². The largest absolute Gasteiger partial charge is 0.481 e. The van der Waals surface area contributed by atoms with E-state index in [-0.39, 0.29) is 29.9 Å². The lowest BCUT2D eigenvalue weighted by atomic mass is 9.97. The highest BCUT2D eigenvalue weighted by atomic mass is 32.2. The molecule has 1 aliphatic rings. The number of aliphatic carboxylic acids is 1. The Morgan fingerprint density at radius 1 is 1.29 bits per heavy atom. The average Bonchev–Trinajstić information content (AvgIpc) is 2.50. The second-order valence-corrected chi connectivity index (χ2v) is 8.70. The van der Waals surface area contributed by atoms with Gasteiger partial charge in [0.15, 0.2) is 0 Å². The Morgan fingerprint density at radius 3 is 2.54 bits per heavy atom. The Balaban J connectivity index is 1.89. The molecule has 0 spiro atoms. The number of hydrogen-bond donors (Lipinski definition) is 2. The van der Waals surface area contributed by atoms with Crippen LogP contribution in [0.2, 0.25) is 0 Å². The molecule has 2 N–H and O–H groups in total. The first-order chi connectivity index (χ1) is 11.3. The van der Waals surface area contributed by atoms with Crippen molar-refractivity contribution in [3.05, 3.63) is 35.4 Å². The summed E-state index contributed by atoms with van der Waals surface area (Å²) in [5.41, 5.74) is 1.98. The van der Waals surface area contributed by atoms with Crippen LogP contribution in [-0.4, -0.2) is 43.5 Å². The second-order valence-electron chi connectivity index (χ2n) is 6.40. The number of carboxylic acid groups (broad SMARTS) is 1. The van der Waals surface area contributed by atoms with Crippen molar-refractivity contribution in [2.45, 2.75) is 26.2 Å². The van der Waals surface area contributed by atoms with Gasteiger partial charge in [-0.1, -0.05) is 29.8 Å². The molecule has 1 aromatic carbocycles. The van der Waals surface area contributed by atoms with E-state index in [2.05, 4.69) is 5.32 Å². The molecule has 0 saturated carbocycles. The third kappa shape index (κ3) is 5.33. The second kappa shape index (κ2) is 7.79. The van der Waals surface area contributed by atoms with Crippen LogP contribution in [0.5, 0.6) is 0 Å². The van der Waals surface area contributed by atoms with Crippen LogP contribution in [0, 0.1) is 18.8 Å². The number of benzene rings is 1. The van der Waals surface area contributed by atoms with Crippen molar-refractivity contribution in [2.24, 2.45) is 11.8 Å². The third-order valence-electron chi connectivity index (χ3n) is 4.36. The van der Waals surface area contributed by atoms with Gasteiger partial charge < -0.3 is 10.4 Å². The zero-order chi connectivity index (χ0) is 17.7. The average molecular weight is 353 g/mol. The minimum absolute atomic E-state index is 0.0245. The first-order valence-corrected chi connectivity index (χ1v) is 9.85. The van der Waals surface area contributed by atoms with Gasteiger partial charge in [0.1, 0.15) is 9.84 Å². The predicted octanol–water partition coefficient (Wildman–Crippen LogP) is 1.18. The molecule has 1 amide bonds. The standard InChI is InChI=1S/C17H23NO5S/c1-12-3-2-4-13(9-12)10-15(17(20)21)11-18-16(19)14-5-7-24(22,23)8-6-14/h2-4,9,14-15H,5-8,10-11H2,1H3,(H,18,19)(H,20,21). The summed E-state index contributed by atoms with van der Waals surface area (Å²) in [5.74, 6) is -2.21. The van der Waals surface area contributed by atoms with Gasteiger partial charge in [0.05, 0.1) is 17.4 Å². The van der Waals surface area contributed by atoms with Crippen molar-refractivity contribution in [3.63, 3.8) is 0 Å². The molecular formula is C17H23NO5S. The molecule has 24 heavy (non-hydrogen) atoms. The van der Waals surface area contributed by atoms with Gasteiger partial charge in [0, 0.05) is 12.5 Å². The Hall–Kier alpha value is -1.89. The number of sulfone groups is 1. The molecule has 0 aliphatic carbocycles. The van der Waals surface area contributed by atoms with Gasteiger partial charge in [-0.3, -0.25) is 9.59 Å². The Kier molecular flexibility index (Phi) is 5.99. The molecule has 0 radical (unpaired) electrons. The van der Waals surface area contributed by atoms with Crippen molar-refractivity contribution in [3.8, 4) is 0 Å². The summed E-state index contributed by atoms with van der Waals surface area (Å²) in [4.78, 5) is 23.6. The Morgan fingerprint density at radius 2 is 1.96 bits per heavy atom. The summed E-state index contributed by atoms with van der Waals surface area (Å²) in [6.45, 7) is 1.99. The number of nitrogens with one attached hydrogen (secondary N) is 1. The number of aryl methyl sites for hydroxylation is 1. The number of carbonyl (C=O) groups excluding carboxylic acids is 1. The number of hydrogen-bond acceptors (Lipinski definition) is 4. The number of carbonyl (C=O) groups is 2. The van der Waals surface area contributed by atoms with E-state index in [9.17, 15) is 23.1 Å². The molecule has 1 aromatic rings. The maximum absolute atomic E-state index is 12.1. The Bertz CT molecular complexity index is 699. The fourth-order valence-corrected chi connectivity index (χ4v) is 4.38. The fourth-order valence-electron chi connectivity index (χ4n) is 2.89. The van der Waals surface area contributed by atoms with Crippen LogP contribution >= 0.6 is 0 Å². The smallest absolute Gasteiger partial charge is 0.308 e. The summed E-state index contributed by atoms with van der Waals surface area (Å²) >= 11 is 0. The van der Waals surface area contributed by atoms with Gasteiger partial charge >= 0.3 is 5.97 Å². The monoisotopic (exact) mass is 353 g/mol. The predicted molar refractivity (Wildman–Crippen MR) is 90.4 cm³/mol. The van der Waals surface area contributed by atoms with Crippen LogP contribution in [0.15, 0.2) is 24.3 Å². The van der Waals surface area contributed by atoms with E-state index in [0.29, 0.717) is 19.3 Å². The van der Waals surface area contributed by atoms with Crippen LogP contribution < -0.4 is 5.32 Å². The maximum atomic E-state index is 12.1. The quantitative estimate of drug-likeness (QED) is 0.800. The molecule has 2 rings (SSSR count). The third-order valence-corrected chi connectivity index (χ3v) is 6.08. The molecule has 0 aromatic heterocycles. The molecular weight excluding hydrogens is 330 g/mol. The summed E-state index contributed by atoms with van der Waals surface area (Å²) in [5, 5.41) is 12.0. The molecule has 1 atom stereocenters. The summed E-state index contributed by atoms with van der Waals surface area (Å²) in [7, 11) is -3.01.